The minimum absolute atomic E-state index is 0.0198. The maximum atomic E-state index is 10.9. The number of hydrogen-bond acceptors (Lipinski definition) is 2. The van der Waals surface area contributed by atoms with Gasteiger partial charge in [-0.3, -0.25) is 4.79 Å². The summed E-state index contributed by atoms with van der Waals surface area (Å²) in [5, 5.41) is 2.85. The number of carbonyl (C=O) groups excluding carboxylic acids is 1. The van der Waals surface area contributed by atoms with Crippen molar-refractivity contribution < 1.29 is 9.53 Å². The van der Waals surface area contributed by atoms with Crippen LogP contribution in [0.5, 0.6) is 5.75 Å². The molecule has 0 bridgehead atoms. The van der Waals surface area contributed by atoms with E-state index in [0.29, 0.717) is 0 Å². The number of carbonyl (C=O) groups is 1. The van der Waals surface area contributed by atoms with Crippen molar-refractivity contribution >= 4 is 5.91 Å². The number of rotatable bonds is 2. The first-order valence-corrected chi connectivity index (χ1v) is 5.09. The van der Waals surface area contributed by atoms with Crippen LogP contribution in [0, 0.1) is 6.07 Å². The second-order valence-electron chi connectivity index (χ2n) is 3.88. The minimum Gasteiger partial charge on any atom is -0.488 e. The van der Waals surface area contributed by atoms with E-state index >= 15 is 0 Å². The highest BCUT2D eigenvalue weighted by molar-refractivity contribution is 5.73. The second-order valence-corrected chi connectivity index (χ2v) is 3.88. The molecule has 15 heavy (non-hydrogen) atoms. The molecule has 1 amide bonds. The van der Waals surface area contributed by atoms with Crippen LogP contribution in [0.3, 0.4) is 0 Å². The molecule has 2 atom stereocenters. The SMILES string of the molecule is CC(=O)N[C@@H](C)[C@@H]1Cc2cc[c]cc2O1. The van der Waals surface area contributed by atoms with Gasteiger partial charge in [0.2, 0.25) is 5.91 Å². The Morgan fingerprint density at radius 1 is 1.73 bits per heavy atom. The average Bonchev–Trinajstić information content (AvgIpc) is 2.59. The van der Waals surface area contributed by atoms with Crippen molar-refractivity contribution in [3.8, 4) is 5.75 Å². The molecular formula is C12H14NO2. The molecule has 79 valence electrons. The van der Waals surface area contributed by atoms with E-state index in [2.05, 4.69) is 11.4 Å². The highest BCUT2D eigenvalue weighted by atomic mass is 16.5. The van der Waals surface area contributed by atoms with Gasteiger partial charge in [-0.15, -0.1) is 0 Å². The lowest BCUT2D eigenvalue weighted by molar-refractivity contribution is -0.120. The Bertz CT molecular complexity index is 351. The van der Waals surface area contributed by atoms with Gasteiger partial charge in [0.05, 0.1) is 6.04 Å². The first kappa shape index (κ1) is 10.0. The molecule has 1 aromatic carbocycles. The normalized spacial score (nSPS) is 20.3. The Hall–Kier alpha value is -1.51. The summed E-state index contributed by atoms with van der Waals surface area (Å²) in [6.45, 7) is 3.48. The quantitative estimate of drug-likeness (QED) is 0.789. The summed E-state index contributed by atoms with van der Waals surface area (Å²) >= 11 is 0. The highest BCUT2D eigenvalue weighted by Crippen LogP contribution is 2.29. The van der Waals surface area contributed by atoms with Gasteiger partial charge in [0.25, 0.3) is 0 Å². The third-order valence-electron chi connectivity index (χ3n) is 2.60. The Morgan fingerprint density at radius 3 is 3.20 bits per heavy atom. The van der Waals surface area contributed by atoms with Crippen LogP contribution in [0.2, 0.25) is 0 Å². The van der Waals surface area contributed by atoms with Gasteiger partial charge >= 0.3 is 0 Å². The van der Waals surface area contributed by atoms with Crippen LogP contribution >= 0.6 is 0 Å². The molecule has 0 fully saturated rings. The van der Waals surface area contributed by atoms with Crippen molar-refractivity contribution in [3.63, 3.8) is 0 Å². The third kappa shape index (κ3) is 2.12. The molecule has 0 saturated heterocycles. The molecule has 2 rings (SSSR count). The van der Waals surface area contributed by atoms with Crippen LogP contribution in [-0.2, 0) is 11.2 Å². The van der Waals surface area contributed by atoms with E-state index < -0.39 is 0 Å². The molecular weight excluding hydrogens is 190 g/mol. The van der Waals surface area contributed by atoms with E-state index in [1.807, 2.05) is 25.1 Å². The summed E-state index contributed by atoms with van der Waals surface area (Å²) in [6.07, 6.45) is 0.894. The van der Waals surface area contributed by atoms with E-state index in [0.717, 1.165) is 12.2 Å². The maximum absolute atomic E-state index is 10.9. The van der Waals surface area contributed by atoms with Crippen molar-refractivity contribution in [2.24, 2.45) is 0 Å². The van der Waals surface area contributed by atoms with Gasteiger partial charge in [0.15, 0.2) is 0 Å². The molecule has 1 aliphatic rings. The van der Waals surface area contributed by atoms with Gasteiger partial charge < -0.3 is 10.1 Å². The summed E-state index contributed by atoms with van der Waals surface area (Å²) < 4.78 is 5.72. The monoisotopic (exact) mass is 204 g/mol. The zero-order valence-electron chi connectivity index (χ0n) is 8.91. The van der Waals surface area contributed by atoms with Crippen molar-refractivity contribution in [1.29, 1.82) is 0 Å². The molecule has 3 nitrogen and oxygen atoms in total. The van der Waals surface area contributed by atoms with E-state index in [9.17, 15) is 4.79 Å². The fourth-order valence-electron chi connectivity index (χ4n) is 1.84. The number of benzene rings is 1. The average molecular weight is 204 g/mol. The van der Waals surface area contributed by atoms with Gasteiger partial charge in [0, 0.05) is 13.3 Å². The van der Waals surface area contributed by atoms with Crippen LogP contribution in [0.4, 0.5) is 0 Å². The first-order chi connectivity index (χ1) is 7.16. The predicted octanol–water partition coefficient (Wildman–Crippen LogP) is 1.31. The third-order valence-corrected chi connectivity index (χ3v) is 2.60. The highest BCUT2D eigenvalue weighted by Gasteiger charge is 2.27. The summed E-state index contributed by atoms with van der Waals surface area (Å²) in [4.78, 5) is 10.9. The molecule has 1 radical (unpaired) electrons. The standard InChI is InChI=1S/C12H14NO2/c1-8(13-9(2)14)12-7-10-5-3-4-6-11(10)15-12/h3,5-6,8,12H,7H2,1-2H3,(H,13,14)/t8-,12-/m0/s1. The molecule has 0 unspecified atom stereocenters. The van der Waals surface area contributed by atoms with Crippen molar-refractivity contribution in [2.75, 3.05) is 0 Å². The van der Waals surface area contributed by atoms with Crippen LogP contribution in [-0.4, -0.2) is 18.1 Å². The molecule has 0 aliphatic carbocycles. The van der Waals surface area contributed by atoms with E-state index in [4.69, 9.17) is 4.74 Å². The summed E-state index contributed by atoms with van der Waals surface area (Å²) in [5.74, 6) is 0.869. The molecule has 0 saturated carbocycles. The number of ether oxygens (including phenoxy) is 1. The number of nitrogens with one attached hydrogen (secondary N) is 1. The molecule has 1 N–H and O–H groups in total. The smallest absolute Gasteiger partial charge is 0.217 e. The van der Waals surface area contributed by atoms with Gasteiger partial charge in [-0.1, -0.05) is 12.1 Å². The Balaban J connectivity index is 2.03. The van der Waals surface area contributed by atoms with Crippen molar-refractivity contribution in [2.45, 2.75) is 32.4 Å². The summed E-state index contributed by atoms with van der Waals surface area (Å²) in [7, 11) is 0. The lowest BCUT2D eigenvalue weighted by atomic mass is 10.1. The van der Waals surface area contributed by atoms with E-state index in [-0.39, 0.29) is 18.1 Å². The van der Waals surface area contributed by atoms with Crippen molar-refractivity contribution in [1.82, 2.24) is 5.32 Å². The van der Waals surface area contributed by atoms with Gasteiger partial charge in [0.1, 0.15) is 11.9 Å². The van der Waals surface area contributed by atoms with Crippen LogP contribution < -0.4 is 10.1 Å². The molecule has 1 aliphatic heterocycles. The molecule has 1 aromatic rings. The van der Waals surface area contributed by atoms with Gasteiger partial charge in [-0.2, -0.15) is 0 Å². The summed E-state index contributed by atoms with van der Waals surface area (Å²) in [6, 6.07) is 8.75. The van der Waals surface area contributed by atoms with Crippen molar-refractivity contribution in [3.05, 3.63) is 29.8 Å². The van der Waals surface area contributed by atoms with Crippen LogP contribution in [0.15, 0.2) is 18.2 Å². The van der Waals surface area contributed by atoms with E-state index in [1.165, 1.54) is 12.5 Å². The van der Waals surface area contributed by atoms with Gasteiger partial charge in [-0.25, -0.2) is 0 Å². The zero-order valence-corrected chi connectivity index (χ0v) is 8.91. The number of fused-ring (bicyclic) bond motifs is 1. The predicted molar refractivity (Wildman–Crippen MR) is 56.7 cm³/mol. The van der Waals surface area contributed by atoms with Crippen LogP contribution in [0.25, 0.3) is 0 Å². The van der Waals surface area contributed by atoms with E-state index in [1.54, 1.807) is 0 Å². The molecule has 1 heterocycles. The maximum Gasteiger partial charge on any atom is 0.217 e. The molecule has 0 spiro atoms. The van der Waals surface area contributed by atoms with Gasteiger partial charge in [-0.05, 0) is 24.6 Å². The fraction of sp³-hybridized carbons (Fsp3) is 0.417. The Labute approximate surface area is 89.4 Å². The number of amides is 1. The first-order valence-electron chi connectivity index (χ1n) is 5.09. The number of hydrogen-bond donors (Lipinski definition) is 1. The second kappa shape index (κ2) is 3.93. The molecule has 3 heteroatoms. The largest absolute Gasteiger partial charge is 0.488 e. The zero-order chi connectivity index (χ0) is 10.8. The van der Waals surface area contributed by atoms with Crippen LogP contribution in [0.1, 0.15) is 19.4 Å². The minimum atomic E-state index is -0.0198. The molecule has 0 aromatic heterocycles. The lowest BCUT2D eigenvalue weighted by Gasteiger charge is -2.19. The summed E-state index contributed by atoms with van der Waals surface area (Å²) in [5.41, 5.74) is 1.19. The fourth-order valence-corrected chi connectivity index (χ4v) is 1.84. The Kier molecular flexibility index (Phi) is 2.62. The topological polar surface area (TPSA) is 38.3 Å². The lowest BCUT2D eigenvalue weighted by Crippen LogP contribution is -2.42. The Morgan fingerprint density at radius 2 is 2.53 bits per heavy atom.